The Bertz CT molecular complexity index is 357. The van der Waals surface area contributed by atoms with Crippen molar-refractivity contribution in [1.29, 1.82) is 0 Å². The monoisotopic (exact) mass is 219 g/mol. The molecule has 3 nitrogen and oxygen atoms in total. The first kappa shape index (κ1) is 11.1. The fraction of sp³-hybridized carbons (Fsp3) is 0.462. The highest BCUT2D eigenvalue weighted by atomic mass is 16.6. The summed E-state index contributed by atoms with van der Waals surface area (Å²) in [6, 6.07) is 9.96. The normalized spacial score (nSPS) is 17.6. The van der Waals surface area contributed by atoms with Crippen LogP contribution >= 0.6 is 0 Å². The summed E-state index contributed by atoms with van der Waals surface area (Å²) < 4.78 is 0. The second-order valence-corrected chi connectivity index (χ2v) is 4.17. The molecule has 0 unspecified atom stereocenters. The lowest BCUT2D eigenvalue weighted by Gasteiger charge is -2.40. The lowest BCUT2D eigenvalue weighted by Crippen LogP contribution is -2.49. The molecular weight excluding hydrogens is 202 g/mol. The summed E-state index contributed by atoms with van der Waals surface area (Å²) in [5.74, 6) is -0.00759. The molecule has 86 valence electrons. The first-order chi connectivity index (χ1) is 7.79. The molecule has 2 rings (SSSR count). The van der Waals surface area contributed by atoms with Crippen LogP contribution < -0.4 is 5.48 Å². The van der Waals surface area contributed by atoms with E-state index in [9.17, 15) is 4.79 Å². The number of nitrogens with one attached hydrogen (secondary N) is 1. The lowest BCUT2D eigenvalue weighted by atomic mass is 9.64. The van der Waals surface area contributed by atoms with Gasteiger partial charge in [0.25, 0.3) is 5.91 Å². The van der Waals surface area contributed by atoms with Crippen LogP contribution in [-0.4, -0.2) is 12.5 Å². The van der Waals surface area contributed by atoms with E-state index in [0.29, 0.717) is 6.61 Å². The number of amides is 1. The predicted octanol–water partition coefficient (Wildman–Crippen LogP) is 2.18. The maximum absolute atomic E-state index is 12.1. The molecular formula is C13H17NO2. The van der Waals surface area contributed by atoms with Crippen LogP contribution in [0.2, 0.25) is 0 Å². The van der Waals surface area contributed by atoms with Gasteiger partial charge < -0.3 is 0 Å². The van der Waals surface area contributed by atoms with Crippen LogP contribution in [0.4, 0.5) is 0 Å². The summed E-state index contributed by atoms with van der Waals surface area (Å²) in [4.78, 5) is 17.1. The van der Waals surface area contributed by atoms with E-state index in [4.69, 9.17) is 4.84 Å². The van der Waals surface area contributed by atoms with Gasteiger partial charge in [-0.2, -0.15) is 0 Å². The Morgan fingerprint density at radius 2 is 2.06 bits per heavy atom. The van der Waals surface area contributed by atoms with Crippen molar-refractivity contribution in [2.75, 3.05) is 6.61 Å². The van der Waals surface area contributed by atoms with E-state index in [-0.39, 0.29) is 11.3 Å². The molecule has 3 heteroatoms. The molecule has 1 saturated carbocycles. The molecule has 1 aromatic carbocycles. The van der Waals surface area contributed by atoms with Gasteiger partial charge in [-0.25, -0.2) is 5.48 Å². The van der Waals surface area contributed by atoms with Crippen molar-refractivity contribution in [1.82, 2.24) is 5.48 Å². The van der Waals surface area contributed by atoms with Gasteiger partial charge in [0, 0.05) is 0 Å². The predicted molar refractivity (Wildman–Crippen MR) is 61.7 cm³/mol. The molecule has 0 atom stereocenters. The van der Waals surface area contributed by atoms with Crippen LogP contribution in [0, 0.1) is 0 Å². The highest BCUT2D eigenvalue weighted by molar-refractivity contribution is 5.88. The minimum atomic E-state index is -0.351. The Kier molecular flexibility index (Phi) is 3.25. The average Bonchev–Trinajstić information content (AvgIpc) is 2.26. The third-order valence-corrected chi connectivity index (χ3v) is 3.28. The number of rotatable bonds is 4. The number of hydrogen-bond donors (Lipinski definition) is 1. The molecule has 0 heterocycles. The maximum atomic E-state index is 12.1. The van der Waals surface area contributed by atoms with Crippen LogP contribution in [0.1, 0.15) is 31.7 Å². The van der Waals surface area contributed by atoms with E-state index in [1.807, 2.05) is 37.3 Å². The lowest BCUT2D eigenvalue weighted by molar-refractivity contribution is -0.142. The smallest absolute Gasteiger partial charge is 0.254 e. The molecule has 1 aliphatic rings. The zero-order valence-corrected chi connectivity index (χ0v) is 9.53. The average molecular weight is 219 g/mol. The van der Waals surface area contributed by atoms with Gasteiger partial charge in [0.05, 0.1) is 12.0 Å². The summed E-state index contributed by atoms with van der Waals surface area (Å²) in [6.07, 6.45) is 2.93. The standard InChI is InChI=1S/C13H17NO2/c1-2-16-14-12(15)13(9-6-10-13)11-7-4-3-5-8-11/h3-5,7-8H,2,6,9-10H2,1H3,(H,14,15). The van der Waals surface area contributed by atoms with E-state index >= 15 is 0 Å². The molecule has 1 amide bonds. The second kappa shape index (κ2) is 4.66. The van der Waals surface area contributed by atoms with Gasteiger partial charge in [-0.05, 0) is 25.3 Å². The Morgan fingerprint density at radius 3 is 2.56 bits per heavy atom. The van der Waals surface area contributed by atoms with Gasteiger partial charge in [0.1, 0.15) is 0 Å². The summed E-state index contributed by atoms with van der Waals surface area (Å²) in [5, 5.41) is 0. The molecule has 0 spiro atoms. The fourth-order valence-electron chi connectivity index (χ4n) is 2.17. The van der Waals surface area contributed by atoms with Crippen molar-refractivity contribution >= 4 is 5.91 Å². The fourth-order valence-corrected chi connectivity index (χ4v) is 2.17. The van der Waals surface area contributed by atoms with Crippen LogP contribution in [0.5, 0.6) is 0 Å². The summed E-state index contributed by atoms with van der Waals surface area (Å²) in [6.45, 7) is 2.35. The van der Waals surface area contributed by atoms with Crippen LogP contribution in [0.25, 0.3) is 0 Å². The van der Waals surface area contributed by atoms with Crippen LogP contribution in [0.3, 0.4) is 0 Å². The Hall–Kier alpha value is -1.35. The van der Waals surface area contributed by atoms with E-state index in [1.165, 1.54) is 0 Å². The molecule has 1 aromatic rings. The minimum Gasteiger partial charge on any atom is -0.274 e. The molecule has 1 aliphatic carbocycles. The Morgan fingerprint density at radius 1 is 1.38 bits per heavy atom. The van der Waals surface area contributed by atoms with Gasteiger partial charge >= 0.3 is 0 Å². The quantitative estimate of drug-likeness (QED) is 0.788. The Balaban J connectivity index is 2.17. The highest BCUT2D eigenvalue weighted by Gasteiger charge is 2.45. The Labute approximate surface area is 95.8 Å². The number of carbonyl (C=O) groups excluding carboxylic acids is 1. The van der Waals surface area contributed by atoms with Crippen molar-refractivity contribution in [2.24, 2.45) is 0 Å². The van der Waals surface area contributed by atoms with Gasteiger partial charge in [-0.1, -0.05) is 36.8 Å². The van der Waals surface area contributed by atoms with Crippen molar-refractivity contribution in [3.05, 3.63) is 35.9 Å². The third kappa shape index (κ3) is 1.83. The molecule has 0 bridgehead atoms. The van der Waals surface area contributed by atoms with E-state index in [1.54, 1.807) is 0 Å². The molecule has 1 N–H and O–H groups in total. The van der Waals surface area contributed by atoms with Gasteiger partial charge in [-0.15, -0.1) is 0 Å². The largest absolute Gasteiger partial charge is 0.274 e. The summed E-state index contributed by atoms with van der Waals surface area (Å²) in [7, 11) is 0. The molecule has 0 saturated heterocycles. The van der Waals surface area contributed by atoms with Crippen LogP contribution in [-0.2, 0) is 15.0 Å². The van der Waals surface area contributed by atoms with Crippen molar-refractivity contribution < 1.29 is 9.63 Å². The van der Waals surface area contributed by atoms with Crippen LogP contribution in [0.15, 0.2) is 30.3 Å². The molecule has 16 heavy (non-hydrogen) atoms. The van der Waals surface area contributed by atoms with E-state index in [0.717, 1.165) is 24.8 Å². The zero-order valence-electron chi connectivity index (χ0n) is 9.53. The minimum absolute atomic E-state index is 0.00759. The first-order valence-corrected chi connectivity index (χ1v) is 5.77. The van der Waals surface area contributed by atoms with E-state index in [2.05, 4.69) is 5.48 Å². The van der Waals surface area contributed by atoms with Gasteiger partial charge in [0.2, 0.25) is 0 Å². The SMILES string of the molecule is CCONC(=O)C1(c2ccccc2)CCC1. The topological polar surface area (TPSA) is 38.3 Å². The maximum Gasteiger partial charge on any atom is 0.254 e. The molecule has 0 aliphatic heterocycles. The number of benzene rings is 1. The summed E-state index contributed by atoms with van der Waals surface area (Å²) in [5.41, 5.74) is 3.28. The number of hydrogen-bond acceptors (Lipinski definition) is 2. The molecule has 1 fully saturated rings. The first-order valence-electron chi connectivity index (χ1n) is 5.77. The van der Waals surface area contributed by atoms with Crippen molar-refractivity contribution in [3.8, 4) is 0 Å². The van der Waals surface area contributed by atoms with Crippen molar-refractivity contribution in [3.63, 3.8) is 0 Å². The van der Waals surface area contributed by atoms with Gasteiger partial charge in [-0.3, -0.25) is 9.63 Å². The van der Waals surface area contributed by atoms with Gasteiger partial charge in [0.15, 0.2) is 0 Å². The number of hydroxylamine groups is 1. The zero-order chi connectivity index (χ0) is 11.4. The van der Waals surface area contributed by atoms with Crippen molar-refractivity contribution in [2.45, 2.75) is 31.6 Å². The summed E-state index contributed by atoms with van der Waals surface area (Å²) >= 11 is 0. The van der Waals surface area contributed by atoms with E-state index < -0.39 is 0 Å². The molecule has 0 aromatic heterocycles. The highest BCUT2D eigenvalue weighted by Crippen LogP contribution is 2.43. The number of carbonyl (C=O) groups is 1. The third-order valence-electron chi connectivity index (χ3n) is 3.28. The second-order valence-electron chi connectivity index (χ2n) is 4.17. The molecule has 0 radical (unpaired) electrons.